The molecule has 3 rings (SSSR count). The number of hydrogen-bond donors (Lipinski definition) is 1. The average molecular weight is 258 g/mol. The zero-order valence-corrected chi connectivity index (χ0v) is 10.8. The first-order valence-electron chi connectivity index (χ1n) is 6.07. The highest BCUT2D eigenvalue weighted by atomic mass is 16.4. The molecule has 0 unspecified atom stereocenters. The molecule has 5 heteroatoms. The van der Waals surface area contributed by atoms with E-state index in [0.29, 0.717) is 12.0 Å². The quantitative estimate of drug-likeness (QED) is 0.853. The maximum absolute atomic E-state index is 12.3. The van der Waals surface area contributed by atoms with Crippen molar-refractivity contribution in [1.29, 1.82) is 0 Å². The van der Waals surface area contributed by atoms with Crippen LogP contribution in [0.1, 0.15) is 30.8 Å². The van der Waals surface area contributed by atoms with E-state index in [2.05, 4.69) is 5.10 Å². The van der Waals surface area contributed by atoms with Gasteiger partial charge < -0.3 is 9.52 Å². The van der Waals surface area contributed by atoms with Gasteiger partial charge in [0, 0.05) is 17.5 Å². The third-order valence-electron chi connectivity index (χ3n) is 3.15. The molecule has 0 saturated heterocycles. The van der Waals surface area contributed by atoms with Crippen molar-refractivity contribution in [3.8, 4) is 0 Å². The lowest BCUT2D eigenvalue weighted by molar-refractivity contribution is -0.0565. The van der Waals surface area contributed by atoms with E-state index in [0.717, 1.165) is 16.1 Å². The van der Waals surface area contributed by atoms with Gasteiger partial charge in [-0.1, -0.05) is 18.2 Å². The number of fused-ring (bicyclic) bond motifs is 1. The second-order valence-corrected chi connectivity index (χ2v) is 4.99. The first-order valence-corrected chi connectivity index (χ1v) is 6.07. The molecule has 0 saturated carbocycles. The Hall–Kier alpha value is -2.14. The fourth-order valence-electron chi connectivity index (χ4n) is 2.33. The molecule has 1 N–H and O–H groups in total. The normalized spacial score (nSPS) is 22.9. The Kier molecular flexibility index (Phi) is 2.46. The molecule has 1 amide bonds. The molecule has 5 nitrogen and oxygen atoms in total. The molecular weight excluding hydrogens is 244 g/mol. The molecule has 1 aliphatic heterocycles. The minimum absolute atomic E-state index is 0.180. The van der Waals surface area contributed by atoms with E-state index in [4.69, 9.17) is 4.42 Å². The molecule has 0 fully saturated rings. The van der Waals surface area contributed by atoms with Gasteiger partial charge in [-0.25, -0.2) is 0 Å². The summed E-state index contributed by atoms with van der Waals surface area (Å²) < 4.78 is 5.50. The van der Waals surface area contributed by atoms with Gasteiger partial charge in [0.05, 0.1) is 0 Å². The van der Waals surface area contributed by atoms with Gasteiger partial charge in [-0.2, -0.15) is 10.1 Å². The van der Waals surface area contributed by atoms with Crippen LogP contribution >= 0.6 is 0 Å². The van der Waals surface area contributed by atoms with Crippen molar-refractivity contribution in [3.63, 3.8) is 0 Å². The lowest BCUT2D eigenvalue weighted by atomic mass is 10.1. The highest BCUT2D eigenvalue weighted by molar-refractivity contribution is 5.98. The van der Waals surface area contributed by atoms with Gasteiger partial charge in [-0.15, -0.1) is 0 Å². The standard InChI is InChI=1S/C14H14N2O3/c1-9-8-14(2,18)16(15-9)13(17)12-7-10-5-3-4-6-11(10)19-12/h3-7,18H,8H2,1-2H3/t14-/m1/s1. The fourth-order valence-corrected chi connectivity index (χ4v) is 2.33. The topological polar surface area (TPSA) is 66.0 Å². The Labute approximate surface area is 110 Å². The molecule has 19 heavy (non-hydrogen) atoms. The third-order valence-corrected chi connectivity index (χ3v) is 3.15. The van der Waals surface area contributed by atoms with E-state index in [1.54, 1.807) is 26.0 Å². The van der Waals surface area contributed by atoms with E-state index < -0.39 is 11.6 Å². The van der Waals surface area contributed by atoms with Gasteiger partial charge in [0.15, 0.2) is 11.5 Å². The monoisotopic (exact) mass is 258 g/mol. The summed E-state index contributed by atoms with van der Waals surface area (Å²) in [6.45, 7) is 3.34. The van der Waals surface area contributed by atoms with Gasteiger partial charge in [0.25, 0.3) is 0 Å². The maximum atomic E-state index is 12.3. The maximum Gasteiger partial charge on any atom is 0.312 e. The first kappa shape index (κ1) is 11.9. The van der Waals surface area contributed by atoms with Gasteiger partial charge >= 0.3 is 5.91 Å². The second-order valence-electron chi connectivity index (χ2n) is 4.99. The number of benzene rings is 1. The smallest absolute Gasteiger partial charge is 0.312 e. The van der Waals surface area contributed by atoms with E-state index in [-0.39, 0.29) is 5.76 Å². The molecule has 0 aliphatic carbocycles. The number of hydrogen-bond acceptors (Lipinski definition) is 4. The SMILES string of the molecule is CC1=NN(C(=O)c2cc3ccccc3o2)[C@](C)(O)C1. The Balaban J connectivity index is 2.00. The van der Waals surface area contributed by atoms with Crippen LogP contribution < -0.4 is 0 Å². The molecule has 1 aromatic heterocycles. The van der Waals surface area contributed by atoms with Crippen molar-refractivity contribution in [1.82, 2.24) is 5.01 Å². The molecule has 1 aromatic carbocycles. The zero-order chi connectivity index (χ0) is 13.6. The molecule has 98 valence electrons. The number of amides is 1. The Morgan fingerprint density at radius 2 is 2.21 bits per heavy atom. The van der Waals surface area contributed by atoms with Crippen LogP contribution in [0.4, 0.5) is 0 Å². The van der Waals surface area contributed by atoms with Crippen molar-refractivity contribution in [3.05, 3.63) is 36.1 Å². The Morgan fingerprint density at radius 1 is 1.47 bits per heavy atom. The second kappa shape index (κ2) is 3.93. The van der Waals surface area contributed by atoms with Crippen LogP contribution in [0.25, 0.3) is 11.0 Å². The number of aliphatic hydroxyl groups is 1. The van der Waals surface area contributed by atoms with E-state index in [1.807, 2.05) is 18.2 Å². The van der Waals surface area contributed by atoms with Gasteiger partial charge in [-0.05, 0) is 26.0 Å². The summed E-state index contributed by atoms with van der Waals surface area (Å²) in [6.07, 6.45) is 0.346. The van der Waals surface area contributed by atoms with Crippen LogP contribution in [-0.2, 0) is 0 Å². The molecule has 1 aliphatic rings. The zero-order valence-electron chi connectivity index (χ0n) is 10.8. The third kappa shape index (κ3) is 1.92. The van der Waals surface area contributed by atoms with Crippen molar-refractivity contribution < 1.29 is 14.3 Å². The molecule has 0 radical (unpaired) electrons. The average Bonchev–Trinajstić information content (AvgIpc) is 2.88. The van der Waals surface area contributed by atoms with Crippen LogP contribution in [-0.4, -0.2) is 27.5 Å². The van der Waals surface area contributed by atoms with Crippen molar-refractivity contribution in [2.75, 3.05) is 0 Å². The predicted octanol–water partition coefficient (Wildman–Crippen LogP) is 2.36. The molecule has 0 bridgehead atoms. The van der Waals surface area contributed by atoms with Crippen LogP contribution in [0.15, 0.2) is 39.9 Å². The van der Waals surface area contributed by atoms with Crippen molar-refractivity contribution >= 4 is 22.6 Å². The highest BCUT2D eigenvalue weighted by Crippen LogP contribution is 2.28. The van der Waals surface area contributed by atoms with E-state index in [1.165, 1.54) is 0 Å². The Bertz CT molecular complexity index is 652. The van der Waals surface area contributed by atoms with Crippen molar-refractivity contribution in [2.24, 2.45) is 5.10 Å². The highest BCUT2D eigenvalue weighted by Gasteiger charge is 2.40. The summed E-state index contributed by atoms with van der Waals surface area (Å²) in [5, 5.41) is 16.2. The summed E-state index contributed by atoms with van der Waals surface area (Å²) in [7, 11) is 0. The van der Waals surface area contributed by atoms with E-state index in [9.17, 15) is 9.90 Å². The molecule has 2 heterocycles. The molecule has 2 aromatic rings. The van der Waals surface area contributed by atoms with E-state index >= 15 is 0 Å². The van der Waals surface area contributed by atoms with Crippen LogP contribution in [0.5, 0.6) is 0 Å². The summed E-state index contributed by atoms with van der Waals surface area (Å²) in [5.41, 5.74) is 0.0694. The number of furan rings is 1. The van der Waals surface area contributed by atoms with Crippen LogP contribution in [0, 0.1) is 0 Å². The number of carbonyl (C=O) groups excluding carboxylic acids is 1. The van der Waals surface area contributed by atoms with Gasteiger partial charge in [0.1, 0.15) is 5.58 Å². The summed E-state index contributed by atoms with van der Waals surface area (Å²) in [5.74, 6) is -0.252. The lowest BCUT2D eigenvalue weighted by Crippen LogP contribution is -2.43. The minimum Gasteiger partial charge on any atom is -0.451 e. The molecular formula is C14H14N2O3. The number of nitrogens with zero attached hydrogens (tertiary/aromatic N) is 2. The minimum atomic E-state index is -1.29. The summed E-state index contributed by atoms with van der Waals surface area (Å²) in [6, 6.07) is 9.04. The largest absolute Gasteiger partial charge is 0.451 e. The summed E-state index contributed by atoms with van der Waals surface area (Å²) in [4.78, 5) is 12.3. The number of para-hydroxylation sites is 1. The molecule has 0 spiro atoms. The molecule has 1 atom stereocenters. The van der Waals surface area contributed by atoms with Gasteiger partial charge in [-0.3, -0.25) is 4.79 Å². The van der Waals surface area contributed by atoms with Crippen LogP contribution in [0.2, 0.25) is 0 Å². The van der Waals surface area contributed by atoms with Gasteiger partial charge in [0.2, 0.25) is 0 Å². The summed E-state index contributed by atoms with van der Waals surface area (Å²) >= 11 is 0. The lowest BCUT2D eigenvalue weighted by Gasteiger charge is -2.25. The Morgan fingerprint density at radius 3 is 2.84 bits per heavy atom. The van der Waals surface area contributed by atoms with Crippen LogP contribution in [0.3, 0.4) is 0 Å². The number of carbonyl (C=O) groups is 1. The first-order chi connectivity index (χ1) is 8.97. The fraction of sp³-hybridized carbons (Fsp3) is 0.286. The number of hydrazone groups is 1. The number of rotatable bonds is 1. The predicted molar refractivity (Wildman–Crippen MR) is 70.7 cm³/mol. The van der Waals surface area contributed by atoms with Crippen molar-refractivity contribution in [2.45, 2.75) is 26.0 Å².